The Labute approximate surface area is 121 Å². The summed E-state index contributed by atoms with van der Waals surface area (Å²) in [6, 6.07) is 0. The molecule has 0 aromatic carbocycles. The van der Waals surface area contributed by atoms with E-state index in [1.165, 1.54) is 4.90 Å². The predicted molar refractivity (Wildman–Crippen MR) is 79.2 cm³/mol. The maximum atomic E-state index is 12.1. The summed E-state index contributed by atoms with van der Waals surface area (Å²) in [6.45, 7) is 5.68. The van der Waals surface area contributed by atoms with Crippen LogP contribution in [0.3, 0.4) is 0 Å². The highest BCUT2D eigenvalue weighted by Gasteiger charge is 2.22. The summed E-state index contributed by atoms with van der Waals surface area (Å²) in [4.78, 5) is 27.3. The molecular weight excluding hydrogens is 256 g/mol. The molecule has 0 spiro atoms. The summed E-state index contributed by atoms with van der Waals surface area (Å²) >= 11 is 0. The number of hydrogen-bond donors (Lipinski definition) is 2. The van der Waals surface area contributed by atoms with Crippen molar-refractivity contribution in [2.45, 2.75) is 26.2 Å². The Balaban J connectivity index is 2.32. The fraction of sp³-hybridized carbons (Fsp3) is 0.857. The second-order valence-electron chi connectivity index (χ2n) is 5.58. The number of hydrogen-bond acceptors (Lipinski definition) is 4. The van der Waals surface area contributed by atoms with Crippen molar-refractivity contribution in [3.63, 3.8) is 0 Å². The van der Waals surface area contributed by atoms with E-state index >= 15 is 0 Å². The van der Waals surface area contributed by atoms with Crippen molar-refractivity contribution in [2.24, 2.45) is 11.7 Å². The zero-order valence-corrected chi connectivity index (χ0v) is 12.7. The molecule has 2 amide bonds. The van der Waals surface area contributed by atoms with E-state index in [9.17, 15) is 9.59 Å². The van der Waals surface area contributed by atoms with Crippen molar-refractivity contribution in [2.75, 3.05) is 46.3 Å². The van der Waals surface area contributed by atoms with Crippen LogP contribution in [-0.2, 0) is 9.59 Å². The number of nitrogens with two attached hydrogens (primary N) is 1. The first kappa shape index (κ1) is 16.9. The predicted octanol–water partition coefficient (Wildman–Crippen LogP) is -0.358. The van der Waals surface area contributed by atoms with Gasteiger partial charge in [-0.2, -0.15) is 0 Å². The van der Waals surface area contributed by atoms with Crippen LogP contribution in [0.5, 0.6) is 0 Å². The lowest BCUT2D eigenvalue weighted by Gasteiger charge is -2.32. The molecule has 0 aliphatic carbocycles. The van der Waals surface area contributed by atoms with E-state index in [2.05, 4.69) is 10.2 Å². The summed E-state index contributed by atoms with van der Waals surface area (Å²) in [5.41, 5.74) is 5.69. The number of nitrogens with one attached hydrogen (secondary N) is 1. The summed E-state index contributed by atoms with van der Waals surface area (Å²) in [5.74, 6) is 0.394. The number of likely N-dealkylation sites (tertiary alicyclic amines) is 1. The monoisotopic (exact) mass is 284 g/mol. The van der Waals surface area contributed by atoms with Gasteiger partial charge < -0.3 is 16.0 Å². The van der Waals surface area contributed by atoms with Gasteiger partial charge in [0, 0.05) is 20.1 Å². The first-order valence-corrected chi connectivity index (χ1v) is 7.49. The smallest absolute Gasteiger partial charge is 0.239 e. The third-order valence-electron chi connectivity index (χ3n) is 3.67. The number of carbonyl (C=O) groups excluding carboxylic acids is 2. The Bertz CT molecular complexity index is 322. The fourth-order valence-corrected chi connectivity index (χ4v) is 2.42. The molecule has 1 heterocycles. The number of likely N-dealkylation sites (N-methyl/N-ethyl adjacent to an activating group) is 1. The van der Waals surface area contributed by atoms with Crippen LogP contribution in [0.15, 0.2) is 0 Å². The molecule has 1 atom stereocenters. The second kappa shape index (κ2) is 8.92. The van der Waals surface area contributed by atoms with Gasteiger partial charge in [0.2, 0.25) is 11.8 Å². The Morgan fingerprint density at radius 2 is 2.20 bits per heavy atom. The Morgan fingerprint density at radius 1 is 1.45 bits per heavy atom. The number of carbonyl (C=O) groups is 2. The lowest BCUT2D eigenvalue weighted by molar-refractivity contribution is -0.135. The normalized spacial score (nSPS) is 19.6. The van der Waals surface area contributed by atoms with Crippen molar-refractivity contribution in [1.82, 2.24) is 15.1 Å². The standard InChI is InChI=1S/C14H28N4O2/c1-3-6-16-13(19)10-17(2)14(20)11-18-7-4-5-12(8-15)9-18/h12H,3-11,15H2,1-2H3,(H,16,19). The van der Waals surface area contributed by atoms with Crippen molar-refractivity contribution in [1.29, 1.82) is 0 Å². The topological polar surface area (TPSA) is 78.7 Å². The van der Waals surface area contributed by atoms with Crippen molar-refractivity contribution < 1.29 is 9.59 Å². The first-order chi connectivity index (χ1) is 9.56. The fourth-order valence-electron chi connectivity index (χ4n) is 2.42. The second-order valence-corrected chi connectivity index (χ2v) is 5.58. The SMILES string of the molecule is CCCNC(=O)CN(C)C(=O)CN1CCCC(CN)C1. The van der Waals surface area contributed by atoms with Crippen LogP contribution in [0.2, 0.25) is 0 Å². The number of amides is 2. The van der Waals surface area contributed by atoms with Gasteiger partial charge in [0.1, 0.15) is 0 Å². The molecular formula is C14H28N4O2. The van der Waals surface area contributed by atoms with E-state index in [-0.39, 0.29) is 18.4 Å². The van der Waals surface area contributed by atoms with E-state index in [0.29, 0.717) is 25.6 Å². The highest BCUT2D eigenvalue weighted by Crippen LogP contribution is 2.14. The molecule has 1 aliphatic heterocycles. The van der Waals surface area contributed by atoms with Gasteiger partial charge >= 0.3 is 0 Å². The van der Waals surface area contributed by atoms with Gasteiger partial charge in [-0.05, 0) is 38.3 Å². The summed E-state index contributed by atoms with van der Waals surface area (Å²) in [7, 11) is 1.68. The first-order valence-electron chi connectivity index (χ1n) is 7.49. The summed E-state index contributed by atoms with van der Waals surface area (Å²) in [5, 5.41) is 2.77. The number of rotatable bonds is 7. The van der Waals surface area contributed by atoms with Crippen LogP contribution in [-0.4, -0.2) is 67.9 Å². The van der Waals surface area contributed by atoms with Gasteiger partial charge in [0.25, 0.3) is 0 Å². The van der Waals surface area contributed by atoms with Gasteiger partial charge in [-0.15, -0.1) is 0 Å². The average molecular weight is 284 g/mol. The molecule has 0 radical (unpaired) electrons. The highest BCUT2D eigenvalue weighted by molar-refractivity contribution is 5.85. The molecule has 0 aromatic rings. The van der Waals surface area contributed by atoms with Gasteiger partial charge in [0.05, 0.1) is 13.1 Å². The molecule has 1 aliphatic rings. The van der Waals surface area contributed by atoms with Crippen molar-refractivity contribution in [3.05, 3.63) is 0 Å². The molecule has 1 rings (SSSR count). The van der Waals surface area contributed by atoms with E-state index in [4.69, 9.17) is 5.73 Å². The van der Waals surface area contributed by atoms with Crippen LogP contribution >= 0.6 is 0 Å². The lowest BCUT2D eigenvalue weighted by atomic mass is 9.98. The lowest BCUT2D eigenvalue weighted by Crippen LogP contribution is -2.46. The van der Waals surface area contributed by atoms with Gasteiger partial charge in [-0.3, -0.25) is 14.5 Å². The van der Waals surface area contributed by atoms with Crippen LogP contribution in [0.4, 0.5) is 0 Å². The minimum Gasteiger partial charge on any atom is -0.355 e. The van der Waals surface area contributed by atoms with Crippen molar-refractivity contribution >= 4 is 11.8 Å². The third kappa shape index (κ3) is 5.88. The van der Waals surface area contributed by atoms with E-state index in [0.717, 1.165) is 32.4 Å². The molecule has 1 unspecified atom stereocenters. The Hall–Kier alpha value is -1.14. The molecule has 116 valence electrons. The van der Waals surface area contributed by atoms with E-state index < -0.39 is 0 Å². The maximum Gasteiger partial charge on any atom is 0.239 e. The zero-order chi connectivity index (χ0) is 15.0. The van der Waals surface area contributed by atoms with Gasteiger partial charge in [0.15, 0.2) is 0 Å². The molecule has 0 saturated carbocycles. The number of nitrogens with zero attached hydrogens (tertiary/aromatic N) is 2. The van der Waals surface area contributed by atoms with Crippen molar-refractivity contribution in [3.8, 4) is 0 Å². The molecule has 6 nitrogen and oxygen atoms in total. The van der Waals surface area contributed by atoms with E-state index in [1.54, 1.807) is 7.05 Å². The highest BCUT2D eigenvalue weighted by atomic mass is 16.2. The minimum atomic E-state index is -0.0961. The van der Waals surface area contributed by atoms with Gasteiger partial charge in [-0.1, -0.05) is 6.92 Å². The largest absolute Gasteiger partial charge is 0.355 e. The third-order valence-corrected chi connectivity index (χ3v) is 3.67. The quantitative estimate of drug-likeness (QED) is 0.669. The Kier molecular flexibility index (Phi) is 7.54. The van der Waals surface area contributed by atoms with Crippen LogP contribution in [0.1, 0.15) is 26.2 Å². The van der Waals surface area contributed by atoms with E-state index in [1.807, 2.05) is 6.92 Å². The van der Waals surface area contributed by atoms with Crippen LogP contribution < -0.4 is 11.1 Å². The molecule has 20 heavy (non-hydrogen) atoms. The molecule has 1 fully saturated rings. The number of piperidine rings is 1. The molecule has 3 N–H and O–H groups in total. The Morgan fingerprint density at radius 3 is 2.85 bits per heavy atom. The molecule has 0 aromatic heterocycles. The molecule has 0 bridgehead atoms. The van der Waals surface area contributed by atoms with Crippen LogP contribution in [0.25, 0.3) is 0 Å². The average Bonchev–Trinajstić information content (AvgIpc) is 2.45. The summed E-state index contributed by atoms with van der Waals surface area (Å²) in [6.07, 6.45) is 3.14. The maximum absolute atomic E-state index is 12.1. The molecule has 1 saturated heterocycles. The summed E-state index contributed by atoms with van der Waals surface area (Å²) < 4.78 is 0. The van der Waals surface area contributed by atoms with Gasteiger partial charge in [-0.25, -0.2) is 0 Å². The zero-order valence-electron chi connectivity index (χ0n) is 12.7. The molecule has 6 heteroatoms. The minimum absolute atomic E-state index is 0.00526. The van der Waals surface area contributed by atoms with Crippen LogP contribution in [0, 0.1) is 5.92 Å².